The van der Waals surface area contributed by atoms with Crippen LogP contribution in [-0.2, 0) is 6.42 Å². The zero-order valence-corrected chi connectivity index (χ0v) is 8.59. The highest BCUT2D eigenvalue weighted by Crippen LogP contribution is 2.26. The maximum Gasteiger partial charge on any atom is 0.251 e. The Morgan fingerprint density at radius 1 is 1.40 bits per heavy atom. The molecule has 1 saturated carbocycles. The molecule has 1 fully saturated rings. The van der Waals surface area contributed by atoms with Gasteiger partial charge in [-0.25, -0.2) is 13.8 Å². The van der Waals surface area contributed by atoms with Gasteiger partial charge in [0.15, 0.2) is 5.82 Å². The van der Waals surface area contributed by atoms with Crippen molar-refractivity contribution >= 4 is 0 Å². The minimum absolute atomic E-state index is 0.0575. The van der Waals surface area contributed by atoms with Crippen LogP contribution in [0.5, 0.6) is 5.88 Å². The second kappa shape index (κ2) is 4.13. The Hall–Kier alpha value is -1.19. The summed E-state index contributed by atoms with van der Waals surface area (Å²) in [4.78, 5) is 3.84. The third-order valence-corrected chi connectivity index (χ3v) is 2.64. The summed E-state index contributed by atoms with van der Waals surface area (Å²) in [7, 11) is 0. The van der Waals surface area contributed by atoms with Gasteiger partial charge in [0.05, 0.1) is 5.69 Å². The largest absolute Gasteiger partial charge is 0.472 e. The van der Waals surface area contributed by atoms with Crippen molar-refractivity contribution < 1.29 is 13.5 Å². The summed E-state index contributed by atoms with van der Waals surface area (Å²) >= 11 is 0. The zero-order chi connectivity index (χ0) is 10.8. The number of aromatic nitrogens is 1. The summed E-state index contributed by atoms with van der Waals surface area (Å²) in [5, 5.41) is 0. The second-order valence-electron chi connectivity index (χ2n) is 3.73. The summed E-state index contributed by atoms with van der Waals surface area (Å²) in [6.45, 7) is 1.77. The van der Waals surface area contributed by atoms with Gasteiger partial charge in [-0.05, 0) is 25.7 Å². The highest BCUT2D eigenvalue weighted by Gasteiger charge is 2.22. The molecule has 0 bridgehead atoms. The van der Waals surface area contributed by atoms with Crippen LogP contribution in [0.25, 0.3) is 0 Å². The Morgan fingerprint density at radius 2 is 2.13 bits per heavy atom. The van der Waals surface area contributed by atoms with E-state index in [0.29, 0.717) is 6.42 Å². The van der Waals surface area contributed by atoms with Crippen molar-refractivity contribution in [1.29, 1.82) is 0 Å². The Bertz CT molecular complexity index is 364. The highest BCUT2D eigenvalue weighted by atomic mass is 19.1. The molecule has 1 aliphatic carbocycles. The zero-order valence-electron chi connectivity index (χ0n) is 8.59. The first kappa shape index (κ1) is 10.3. The summed E-state index contributed by atoms with van der Waals surface area (Å²) in [6.07, 6.45) is 3.46. The monoisotopic (exact) mass is 213 g/mol. The summed E-state index contributed by atoms with van der Waals surface area (Å²) in [5.41, 5.74) is 0.255. The number of ether oxygens (including phenoxy) is 1. The van der Waals surface area contributed by atoms with Crippen molar-refractivity contribution in [3.63, 3.8) is 0 Å². The molecule has 0 amide bonds. The van der Waals surface area contributed by atoms with Crippen LogP contribution in [-0.4, -0.2) is 11.1 Å². The molecule has 0 spiro atoms. The van der Waals surface area contributed by atoms with Crippen molar-refractivity contribution in [1.82, 2.24) is 4.98 Å². The van der Waals surface area contributed by atoms with Crippen molar-refractivity contribution in [2.75, 3.05) is 0 Å². The minimum atomic E-state index is -0.711. The lowest BCUT2D eigenvalue weighted by Gasteiger charge is -2.26. The van der Waals surface area contributed by atoms with Crippen LogP contribution in [0.2, 0.25) is 0 Å². The van der Waals surface area contributed by atoms with Gasteiger partial charge in [-0.15, -0.1) is 0 Å². The Balaban J connectivity index is 2.21. The molecular weight excluding hydrogens is 200 g/mol. The number of pyridine rings is 1. The van der Waals surface area contributed by atoms with Crippen LogP contribution in [0.1, 0.15) is 31.9 Å². The van der Waals surface area contributed by atoms with Gasteiger partial charge in [0.25, 0.3) is 5.88 Å². The predicted octanol–water partition coefficient (Wildman–Crippen LogP) is 2.85. The van der Waals surface area contributed by atoms with Crippen molar-refractivity contribution in [2.24, 2.45) is 0 Å². The standard InChI is InChI=1S/C11H13F2NO/c1-2-10-8(12)6-9(13)11(14-10)15-7-4-3-5-7/h6-7H,2-5H2,1H3. The average Bonchev–Trinajstić information content (AvgIpc) is 2.14. The first-order valence-electron chi connectivity index (χ1n) is 5.22. The normalized spacial score (nSPS) is 16.2. The van der Waals surface area contributed by atoms with Crippen molar-refractivity contribution in [3.8, 4) is 5.88 Å². The van der Waals surface area contributed by atoms with Crippen molar-refractivity contribution in [3.05, 3.63) is 23.4 Å². The molecular formula is C11H13F2NO. The van der Waals surface area contributed by atoms with Crippen LogP contribution < -0.4 is 4.74 Å². The molecule has 0 radical (unpaired) electrons. The first-order valence-corrected chi connectivity index (χ1v) is 5.22. The fraction of sp³-hybridized carbons (Fsp3) is 0.545. The number of nitrogens with zero attached hydrogens (tertiary/aromatic N) is 1. The molecule has 2 nitrogen and oxygen atoms in total. The maximum absolute atomic E-state index is 13.3. The Kier molecular flexibility index (Phi) is 2.84. The molecule has 1 aromatic heterocycles. The number of aryl methyl sites for hydroxylation is 1. The lowest BCUT2D eigenvalue weighted by molar-refractivity contribution is 0.108. The molecule has 1 aliphatic rings. The first-order chi connectivity index (χ1) is 7.20. The number of halogens is 2. The quantitative estimate of drug-likeness (QED) is 0.770. The molecule has 4 heteroatoms. The van der Waals surface area contributed by atoms with Crippen LogP contribution in [0.4, 0.5) is 8.78 Å². The van der Waals surface area contributed by atoms with Crippen LogP contribution >= 0.6 is 0 Å². The summed E-state index contributed by atoms with van der Waals surface area (Å²) in [5.74, 6) is -1.37. The maximum atomic E-state index is 13.3. The van der Waals surface area contributed by atoms with E-state index in [9.17, 15) is 8.78 Å². The van der Waals surface area contributed by atoms with E-state index in [0.717, 1.165) is 25.3 Å². The Labute approximate surface area is 87.3 Å². The van der Waals surface area contributed by atoms with Crippen LogP contribution in [0.3, 0.4) is 0 Å². The van der Waals surface area contributed by atoms with E-state index in [2.05, 4.69) is 4.98 Å². The number of hydrogen-bond acceptors (Lipinski definition) is 2. The highest BCUT2D eigenvalue weighted by molar-refractivity contribution is 5.20. The van der Waals surface area contributed by atoms with Gasteiger partial charge in [0.2, 0.25) is 0 Å². The van der Waals surface area contributed by atoms with E-state index in [1.54, 1.807) is 6.92 Å². The van der Waals surface area contributed by atoms with Crippen LogP contribution in [0.15, 0.2) is 6.07 Å². The SMILES string of the molecule is CCc1nc(OC2CCC2)c(F)cc1F. The van der Waals surface area contributed by atoms with Gasteiger partial charge >= 0.3 is 0 Å². The van der Waals surface area contributed by atoms with E-state index < -0.39 is 11.6 Å². The van der Waals surface area contributed by atoms with E-state index >= 15 is 0 Å². The average molecular weight is 213 g/mol. The molecule has 15 heavy (non-hydrogen) atoms. The molecule has 0 unspecified atom stereocenters. The molecule has 0 aromatic carbocycles. The summed E-state index contributed by atoms with van der Waals surface area (Å²) < 4.78 is 31.7. The number of rotatable bonds is 3. The minimum Gasteiger partial charge on any atom is -0.472 e. The molecule has 2 rings (SSSR count). The van der Waals surface area contributed by atoms with Gasteiger partial charge in [-0.3, -0.25) is 0 Å². The van der Waals surface area contributed by atoms with Gasteiger partial charge in [0, 0.05) is 6.07 Å². The van der Waals surface area contributed by atoms with Gasteiger partial charge in [-0.2, -0.15) is 0 Å². The fourth-order valence-electron chi connectivity index (χ4n) is 1.46. The van der Waals surface area contributed by atoms with Gasteiger partial charge in [0.1, 0.15) is 11.9 Å². The lowest BCUT2D eigenvalue weighted by atomic mass is 9.96. The van der Waals surface area contributed by atoms with E-state index in [1.807, 2.05) is 0 Å². The van der Waals surface area contributed by atoms with Crippen LogP contribution in [0, 0.1) is 11.6 Å². The lowest BCUT2D eigenvalue weighted by Crippen LogP contribution is -2.25. The molecule has 1 heterocycles. The van der Waals surface area contributed by atoms with E-state index in [1.165, 1.54) is 0 Å². The smallest absolute Gasteiger partial charge is 0.251 e. The molecule has 82 valence electrons. The third-order valence-electron chi connectivity index (χ3n) is 2.64. The molecule has 0 atom stereocenters. The van der Waals surface area contributed by atoms with Gasteiger partial charge in [-0.1, -0.05) is 6.92 Å². The van der Waals surface area contributed by atoms with E-state index in [-0.39, 0.29) is 17.7 Å². The topological polar surface area (TPSA) is 22.1 Å². The van der Waals surface area contributed by atoms with E-state index in [4.69, 9.17) is 4.74 Å². The summed E-state index contributed by atoms with van der Waals surface area (Å²) in [6, 6.07) is 0.847. The fourth-order valence-corrected chi connectivity index (χ4v) is 1.46. The second-order valence-corrected chi connectivity index (χ2v) is 3.73. The van der Waals surface area contributed by atoms with Crippen molar-refractivity contribution in [2.45, 2.75) is 38.7 Å². The Morgan fingerprint density at radius 3 is 2.67 bits per heavy atom. The predicted molar refractivity (Wildman–Crippen MR) is 51.8 cm³/mol. The van der Waals surface area contributed by atoms with Gasteiger partial charge < -0.3 is 4.74 Å². The molecule has 1 aromatic rings. The molecule has 0 aliphatic heterocycles. The molecule has 0 N–H and O–H groups in total. The third kappa shape index (κ3) is 2.08. The molecule has 0 saturated heterocycles. The number of hydrogen-bond donors (Lipinski definition) is 0.